The second-order valence-corrected chi connectivity index (χ2v) is 10.1. The molecule has 0 spiro atoms. The Morgan fingerprint density at radius 3 is 2.28 bits per heavy atom. The molecule has 3 aromatic carbocycles. The largest absolute Gasteiger partial charge is 0.507 e. The highest BCUT2D eigenvalue weighted by atomic mass is 16.5. The molecule has 0 aliphatic heterocycles. The van der Waals surface area contributed by atoms with Gasteiger partial charge in [0.15, 0.2) is 0 Å². The van der Waals surface area contributed by atoms with E-state index in [1.807, 2.05) is 42.5 Å². The number of rotatable bonds is 12. The van der Waals surface area contributed by atoms with Crippen LogP contribution < -0.4 is 15.4 Å². The minimum atomic E-state index is -0.516. The highest BCUT2D eigenvalue weighted by Gasteiger charge is 2.28. The fraction of sp³-hybridized carbons (Fsp3) is 0.375. The number of aromatic hydroxyl groups is 1. The van der Waals surface area contributed by atoms with Crippen molar-refractivity contribution < 1.29 is 24.2 Å². The van der Waals surface area contributed by atoms with Crippen LogP contribution >= 0.6 is 0 Å². The van der Waals surface area contributed by atoms with E-state index in [1.54, 1.807) is 37.4 Å². The summed E-state index contributed by atoms with van der Waals surface area (Å²) in [7, 11) is 1.63. The summed E-state index contributed by atoms with van der Waals surface area (Å²) in [5, 5.41) is 16.2. The maximum absolute atomic E-state index is 13.2. The Morgan fingerprint density at radius 1 is 0.897 bits per heavy atom. The molecule has 2 amide bonds. The zero-order chi connectivity index (χ0) is 27.5. The van der Waals surface area contributed by atoms with E-state index in [4.69, 9.17) is 9.47 Å². The van der Waals surface area contributed by atoms with Crippen LogP contribution in [0.3, 0.4) is 0 Å². The van der Waals surface area contributed by atoms with Crippen LogP contribution in [0.2, 0.25) is 0 Å². The molecule has 3 N–H and O–H groups in total. The third-order valence-corrected chi connectivity index (χ3v) is 7.30. The van der Waals surface area contributed by atoms with E-state index in [-0.39, 0.29) is 23.8 Å². The average Bonchev–Trinajstić information content (AvgIpc) is 2.98. The molecular weight excluding hydrogens is 492 g/mol. The van der Waals surface area contributed by atoms with E-state index >= 15 is 0 Å². The van der Waals surface area contributed by atoms with E-state index in [0.717, 1.165) is 24.2 Å². The lowest BCUT2D eigenvalue weighted by molar-refractivity contribution is 0.000315. The molecule has 1 aliphatic carbocycles. The molecule has 206 valence electrons. The predicted octanol–water partition coefficient (Wildman–Crippen LogP) is 5.14. The van der Waals surface area contributed by atoms with Crippen LogP contribution in [-0.2, 0) is 11.2 Å². The minimum Gasteiger partial charge on any atom is -0.507 e. The van der Waals surface area contributed by atoms with Gasteiger partial charge in [-0.25, -0.2) is 0 Å². The number of nitrogens with one attached hydrogen (secondary N) is 2. The van der Waals surface area contributed by atoms with Crippen LogP contribution in [-0.4, -0.2) is 49.3 Å². The van der Waals surface area contributed by atoms with Crippen molar-refractivity contribution in [2.45, 2.75) is 50.7 Å². The predicted molar refractivity (Wildman–Crippen MR) is 151 cm³/mol. The molecule has 0 saturated heterocycles. The Bertz CT molecular complexity index is 1190. The van der Waals surface area contributed by atoms with E-state index in [1.165, 1.54) is 25.3 Å². The summed E-state index contributed by atoms with van der Waals surface area (Å²) in [6.07, 6.45) is 6.12. The number of benzene rings is 3. The summed E-state index contributed by atoms with van der Waals surface area (Å²) < 4.78 is 11.9. The molecule has 3 aromatic rings. The van der Waals surface area contributed by atoms with Gasteiger partial charge >= 0.3 is 0 Å². The summed E-state index contributed by atoms with van der Waals surface area (Å²) >= 11 is 0. The van der Waals surface area contributed by atoms with Gasteiger partial charge in [-0.2, -0.15) is 0 Å². The third kappa shape index (κ3) is 8.32. The number of methoxy groups -OCH3 is 1. The van der Waals surface area contributed by atoms with Crippen molar-refractivity contribution in [2.24, 2.45) is 5.92 Å². The molecule has 7 nitrogen and oxygen atoms in total. The van der Waals surface area contributed by atoms with Crippen LogP contribution in [0.1, 0.15) is 58.4 Å². The van der Waals surface area contributed by atoms with E-state index in [2.05, 4.69) is 10.6 Å². The normalized spacial score (nSPS) is 15.2. The Morgan fingerprint density at radius 2 is 1.59 bits per heavy atom. The van der Waals surface area contributed by atoms with E-state index in [0.29, 0.717) is 24.5 Å². The summed E-state index contributed by atoms with van der Waals surface area (Å²) in [4.78, 5) is 26.2. The summed E-state index contributed by atoms with van der Waals surface area (Å²) in [6, 6.07) is 22.7. The molecular formula is C32H38N2O5. The van der Waals surface area contributed by atoms with Gasteiger partial charge in [-0.05, 0) is 60.7 Å². The van der Waals surface area contributed by atoms with Gasteiger partial charge in [-0.15, -0.1) is 0 Å². The van der Waals surface area contributed by atoms with Crippen molar-refractivity contribution in [3.8, 4) is 11.5 Å². The van der Waals surface area contributed by atoms with Crippen molar-refractivity contribution in [1.82, 2.24) is 10.6 Å². The molecule has 7 heteroatoms. The van der Waals surface area contributed by atoms with Gasteiger partial charge in [-0.1, -0.05) is 61.7 Å². The molecule has 2 unspecified atom stereocenters. The Hall–Kier alpha value is -3.84. The van der Waals surface area contributed by atoms with Crippen molar-refractivity contribution in [1.29, 1.82) is 0 Å². The SMILES string of the molecule is COc1ccc(CC(OCC2CCCCC2)C(CNC(=O)c2ccccc2O)NC(=O)c2ccccc2)cc1. The molecule has 1 saturated carbocycles. The van der Waals surface area contributed by atoms with Gasteiger partial charge in [0.2, 0.25) is 0 Å². The lowest BCUT2D eigenvalue weighted by Gasteiger charge is -2.31. The molecule has 0 aromatic heterocycles. The number of para-hydroxylation sites is 1. The second-order valence-electron chi connectivity index (χ2n) is 10.1. The highest BCUT2D eigenvalue weighted by molar-refractivity contribution is 5.97. The Kier molecular flexibility index (Phi) is 10.4. The van der Waals surface area contributed by atoms with Crippen LogP contribution in [0, 0.1) is 5.92 Å². The Balaban J connectivity index is 1.56. The molecule has 2 atom stereocenters. The monoisotopic (exact) mass is 530 g/mol. The smallest absolute Gasteiger partial charge is 0.255 e. The van der Waals surface area contributed by atoms with E-state index in [9.17, 15) is 14.7 Å². The van der Waals surface area contributed by atoms with Crippen molar-refractivity contribution in [3.63, 3.8) is 0 Å². The Labute approximate surface area is 230 Å². The second kappa shape index (κ2) is 14.4. The molecule has 0 radical (unpaired) electrons. The fourth-order valence-corrected chi connectivity index (χ4v) is 5.00. The molecule has 0 heterocycles. The lowest BCUT2D eigenvalue weighted by Crippen LogP contribution is -2.52. The number of ether oxygens (including phenoxy) is 2. The van der Waals surface area contributed by atoms with E-state index < -0.39 is 18.1 Å². The zero-order valence-corrected chi connectivity index (χ0v) is 22.5. The van der Waals surface area contributed by atoms with Gasteiger partial charge < -0.3 is 25.2 Å². The van der Waals surface area contributed by atoms with Gasteiger partial charge in [0.1, 0.15) is 11.5 Å². The number of carbonyl (C=O) groups excluding carboxylic acids is 2. The van der Waals surface area contributed by atoms with Crippen LogP contribution in [0.25, 0.3) is 0 Å². The third-order valence-electron chi connectivity index (χ3n) is 7.30. The maximum atomic E-state index is 13.2. The number of hydrogen-bond donors (Lipinski definition) is 3. The number of carbonyl (C=O) groups is 2. The van der Waals surface area contributed by atoms with Crippen LogP contribution in [0.15, 0.2) is 78.9 Å². The van der Waals surface area contributed by atoms with Crippen LogP contribution in [0.4, 0.5) is 0 Å². The van der Waals surface area contributed by atoms with Crippen molar-refractivity contribution in [3.05, 3.63) is 95.6 Å². The first-order valence-corrected chi connectivity index (χ1v) is 13.7. The highest BCUT2D eigenvalue weighted by Crippen LogP contribution is 2.25. The molecule has 0 bridgehead atoms. The van der Waals surface area contributed by atoms with Crippen LogP contribution in [0.5, 0.6) is 11.5 Å². The summed E-state index contributed by atoms with van der Waals surface area (Å²) in [5.41, 5.74) is 1.75. The standard InChI is InChI=1S/C32H38N2O5/c1-38-26-18-16-23(17-19-26)20-30(39-22-24-10-4-2-5-11-24)28(34-31(36)25-12-6-3-7-13-25)21-33-32(37)27-14-8-9-15-29(27)35/h3,6-9,12-19,24,28,30,35H,2,4-5,10-11,20-22H2,1H3,(H,33,37)(H,34,36). The molecule has 39 heavy (non-hydrogen) atoms. The summed E-state index contributed by atoms with van der Waals surface area (Å²) in [6.45, 7) is 0.739. The maximum Gasteiger partial charge on any atom is 0.255 e. The number of amides is 2. The number of phenols is 1. The quantitative estimate of drug-likeness (QED) is 0.301. The zero-order valence-electron chi connectivity index (χ0n) is 22.5. The minimum absolute atomic E-state index is 0.0943. The topological polar surface area (TPSA) is 96.9 Å². The van der Waals surface area contributed by atoms with Gasteiger partial charge in [0.05, 0.1) is 24.8 Å². The summed E-state index contributed by atoms with van der Waals surface area (Å²) in [5.74, 6) is 0.505. The first-order chi connectivity index (χ1) is 19.0. The van der Waals surface area contributed by atoms with Crippen molar-refractivity contribution >= 4 is 11.8 Å². The first-order valence-electron chi connectivity index (χ1n) is 13.7. The molecule has 4 rings (SSSR count). The first kappa shape index (κ1) is 28.2. The molecule has 1 fully saturated rings. The van der Waals surface area contributed by atoms with Gasteiger partial charge in [-0.3, -0.25) is 9.59 Å². The van der Waals surface area contributed by atoms with Gasteiger partial charge in [0.25, 0.3) is 11.8 Å². The van der Waals surface area contributed by atoms with Crippen molar-refractivity contribution in [2.75, 3.05) is 20.3 Å². The average molecular weight is 531 g/mol. The van der Waals surface area contributed by atoms with Gasteiger partial charge in [0, 0.05) is 25.1 Å². The lowest BCUT2D eigenvalue weighted by atomic mass is 9.90. The molecule has 1 aliphatic rings. The number of hydrogen-bond acceptors (Lipinski definition) is 5. The number of phenolic OH excluding ortho intramolecular Hbond substituents is 1. The fourth-order valence-electron chi connectivity index (χ4n) is 5.00.